The van der Waals surface area contributed by atoms with E-state index in [0.29, 0.717) is 59.3 Å². The van der Waals surface area contributed by atoms with Crippen molar-refractivity contribution in [3.05, 3.63) is 62.2 Å². The number of carbonyl (C=O) groups is 2. The van der Waals surface area contributed by atoms with Gasteiger partial charge in [0, 0.05) is 31.6 Å². The molecule has 8 nitrogen and oxygen atoms in total. The molecule has 0 N–H and O–H groups in total. The predicted molar refractivity (Wildman–Crippen MR) is 114 cm³/mol. The van der Waals surface area contributed by atoms with Crippen LogP contribution in [0, 0.1) is 5.41 Å². The summed E-state index contributed by atoms with van der Waals surface area (Å²) in [5, 5.41) is 9.45. The molecule has 160 valence electrons. The molecule has 2 amide bonds. The normalized spacial score (nSPS) is 19.6. The van der Waals surface area contributed by atoms with Gasteiger partial charge in [0.05, 0.1) is 34.1 Å². The standard InChI is InChI=1S/C20H17Cl2N5O3S/c21-14-2-1-12(3-15(14)22)4-17-24-25-18(30-17)13-6-27(19(29)16-5-23-10-31-16)9-20(13)7-26(8-20)11-28/h1-3,5,10-11,13H,4,6-9H2/t13-/m1/s1. The maximum atomic E-state index is 12.9. The van der Waals surface area contributed by atoms with Crippen molar-refractivity contribution in [3.8, 4) is 0 Å². The molecule has 5 rings (SSSR count). The van der Waals surface area contributed by atoms with Gasteiger partial charge in [-0.05, 0) is 17.7 Å². The lowest BCUT2D eigenvalue weighted by Gasteiger charge is -2.48. The summed E-state index contributed by atoms with van der Waals surface area (Å²) in [6.45, 7) is 2.09. The van der Waals surface area contributed by atoms with Gasteiger partial charge in [0.25, 0.3) is 5.91 Å². The van der Waals surface area contributed by atoms with E-state index in [0.717, 1.165) is 12.0 Å². The van der Waals surface area contributed by atoms with E-state index >= 15 is 0 Å². The van der Waals surface area contributed by atoms with Gasteiger partial charge in [-0.2, -0.15) is 0 Å². The van der Waals surface area contributed by atoms with Crippen LogP contribution >= 0.6 is 34.5 Å². The highest BCUT2D eigenvalue weighted by atomic mass is 35.5. The van der Waals surface area contributed by atoms with E-state index in [9.17, 15) is 9.59 Å². The molecule has 4 heterocycles. The SMILES string of the molecule is O=CN1CC2(C1)CN(C(=O)c1cncs1)C[C@@H]2c1nnc(Cc2ccc(Cl)c(Cl)c2)o1. The number of aromatic nitrogens is 3. The van der Waals surface area contributed by atoms with Gasteiger partial charge in [0.1, 0.15) is 4.88 Å². The van der Waals surface area contributed by atoms with Gasteiger partial charge in [-0.25, -0.2) is 0 Å². The van der Waals surface area contributed by atoms with E-state index in [1.54, 1.807) is 33.6 Å². The molecule has 0 bridgehead atoms. The van der Waals surface area contributed by atoms with E-state index < -0.39 is 0 Å². The lowest BCUT2D eigenvalue weighted by molar-refractivity contribution is -0.129. The van der Waals surface area contributed by atoms with Crippen LogP contribution in [0.5, 0.6) is 0 Å². The third kappa shape index (κ3) is 3.71. The molecule has 2 aliphatic rings. The summed E-state index contributed by atoms with van der Waals surface area (Å²) >= 11 is 13.4. The largest absolute Gasteiger partial charge is 0.425 e. The molecule has 2 aliphatic heterocycles. The third-order valence-electron chi connectivity index (χ3n) is 5.88. The molecule has 11 heteroatoms. The molecule has 0 unspecified atom stereocenters. The lowest BCUT2D eigenvalue weighted by Crippen LogP contribution is -2.59. The van der Waals surface area contributed by atoms with Crippen LogP contribution in [-0.4, -0.2) is 63.5 Å². The number of thiazole rings is 1. The molecule has 2 saturated heterocycles. The summed E-state index contributed by atoms with van der Waals surface area (Å²) in [6.07, 6.45) is 2.83. The Kier molecular flexibility index (Phi) is 5.19. The molecule has 3 aromatic rings. The lowest BCUT2D eigenvalue weighted by atomic mass is 9.72. The van der Waals surface area contributed by atoms with Crippen LogP contribution in [0.4, 0.5) is 0 Å². The Balaban J connectivity index is 1.38. The predicted octanol–water partition coefficient (Wildman–Crippen LogP) is 3.12. The molecule has 2 aromatic heterocycles. The Morgan fingerprint density at radius 2 is 2.10 bits per heavy atom. The number of nitrogens with zero attached hydrogens (tertiary/aromatic N) is 5. The van der Waals surface area contributed by atoms with Gasteiger partial charge in [0.2, 0.25) is 18.2 Å². The van der Waals surface area contributed by atoms with Crippen LogP contribution in [0.1, 0.15) is 32.9 Å². The first kappa shape index (κ1) is 20.4. The van der Waals surface area contributed by atoms with Crippen molar-refractivity contribution in [2.75, 3.05) is 26.2 Å². The second-order valence-corrected chi connectivity index (χ2v) is 9.64. The zero-order chi connectivity index (χ0) is 21.6. The molecule has 0 saturated carbocycles. The number of amides is 2. The molecular formula is C20H17Cl2N5O3S. The number of benzene rings is 1. The van der Waals surface area contributed by atoms with Crippen LogP contribution in [0.2, 0.25) is 10.0 Å². The molecular weight excluding hydrogens is 461 g/mol. The highest BCUT2D eigenvalue weighted by Crippen LogP contribution is 2.48. The number of likely N-dealkylation sites (tertiary alicyclic amines) is 2. The molecule has 2 fully saturated rings. The number of halogens is 2. The van der Waals surface area contributed by atoms with Crippen LogP contribution in [0.3, 0.4) is 0 Å². The Morgan fingerprint density at radius 3 is 2.81 bits per heavy atom. The fourth-order valence-electron chi connectivity index (χ4n) is 4.40. The Labute approximate surface area is 191 Å². The van der Waals surface area contributed by atoms with Gasteiger partial charge in [-0.1, -0.05) is 29.3 Å². The van der Waals surface area contributed by atoms with Crippen LogP contribution in [-0.2, 0) is 11.2 Å². The monoisotopic (exact) mass is 477 g/mol. The second kappa shape index (κ2) is 7.89. The average Bonchev–Trinajstić information content (AvgIpc) is 3.48. The topological polar surface area (TPSA) is 92.4 Å². The van der Waals surface area contributed by atoms with E-state index in [-0.39, 0.29) is 17.2 Å². The van der Waals surface area contributed by atoms with Gasteiger partial charge in [0.15, 0.2) is 0 Å². The van der Waals surface area contributed by atoms with Crippen LogP contribution in [0.15, 0.2) is 34.3 Å². The third-order valence-corrected chi connectivity index (χ3v) is 7.38. The van der Waals surface area contributed by atoms with Gasteiger partial charge < -0.3 is 14.2 Å². The fraction of sp³-hybridized carbons (Fsp3) is 0.350. The van der Waals surface area contributed by atoms with Crippen LogP contribution < -0.4 is 0 Å². The number of hydrogen-bond acceptors (Lipinski definition) is 7. The van der Waals surface area contributed by atoms with Gasteiger partial charge in [-0.3, -0.25) is 14.6 Å². The first-order valence-electron chi connectivity index (χ1n) is 9.61. The first-order valence-corrected chi connectivity index (χ1v) is 11.2. The zero-order valence-electron chi connectivity index (χ0n) is 16.2. The van der Waals surface area contributed by atoms with Crippen molar-refractivity contribution in [1.82, 2.24) is 25.0 Å². The quantitative estimate of drug-likeness (QED) is 0.524. The minimum Gasteiger partial charge on any atom is -0.425 e. The summed E-state index contributed by atoms with van der Waals surface area (Å²) < 4.78 is 6.01. The minimum absolute atomic E-state index is 0.0653. The van der Waals surface area contributed by atoms with Crippen molar-refractivity contribution in [1.29, 1.82) is 0 Å². The number of rotatable bonds is 5. The minimum atomic E-state index is -0.283. The van der Waals surface area contributed by atoms with Gasteiger partial charge in [-0.15, -0.1) is 21.5 Å². The molecule has 1 atom stereocenters. The highest BCUT2D eigenvalue weighted by Gasteiger charge is 2.57. The van der Waals surface area contributed by atoms with E-state index in [1.807, 2.05) is 6.07 Å². The fourth-order valence-corrected chi connectivity index (χ4v) is 5.31. The summed E-state index contributed by atoms with van der Waals surface area (Å²) in [4.78, 5) is 32.2. The summed E-state index contributed by atoms with van der Waals surface area (Å²) in [5.41, 5.74) is 2.26. The molecule has 0 aliphatic carbocycles. The number of carbonyl (C=O) groups excluding carboxylic acids is 2. The van der Waals surface area contributed by atoms with Gasteiger partial charge >= 0.3 is 0 Å². The molecule has 1 spiro atoms. The maximum absolute atomic E-state index is 12.9. The van der Waals surface area contributed by atoms with E-state index in [1.165, 1.54) is 11.3 Å². The highest BCUT2D eigenvalue weighted by molar-refractivity contribution is 7.11. The van der Waals surface area contributed by atoms with E-state index in [4.69, 9.17) is 27.6 Å². The summed E-state index contributed by atoms with van der Waals surface area (Å²) in [6, 6.07) is 5.36. The van der Waals surface area contributed by atoms with Crippen molar-refractivity contribution in [3.63, 3.8) is 0 Å². The average molecular weight is 478 g/mol. The van der Waals surface area contributed by atoms with Crippen molar-refractivity contribution in [2.45, 2.75) is 12.3 Å². The van der Waals surface area contributed by atoms with E-state index in [2.05, 4.69) is 15.2 Å². The smallest absolute Gasteiger partial charge is 0.265 e. The van der Waals surface area contributed by atoms with Crippen molar-refractivity contribution in [2.24, 2.45) is 5.41 Å². The number of hydrogen-bond donors (Lipinski definition) is 0. The summed E-state index contributed by atoms with van der Waals surface area (Å²) in [7, 11) is 0. The van der Waals surface area contributed by atoms with Crippen molar-refractivity contribution >= 4 is 46.9 Å². The molecule has 31 heavy (non-hydrogen) atoms. The molecule has 1 aromatic carbocycles. The van der Waals surface area contributed by atoms with Crippen molar-refractivity contribution < 1.29 is 14.0 Å². The maximum Gasteiger partial charge on any atom is 0.265 e. The first-order chi connectivity index (χ1) is 15.0. The zero-order valence-corrected chi connectivity index (χ0v) is 18.5. The second-order valence-electron chi connectivity index (χ2n) is 7.94. The van der Waals surface area contributed by atoms with Crippen LogP contribution in [0.25, 0.3) is 0 Å². The Bertz CT molecular complexity index is 1130. The Morgan fingerprint density at radius 1 is 1.26 bits per heavy atom. The molecule has 0 radical (unpaired) electrons. The Hall–Kier alpha value is -2.49. The summed E-state index contributed by atoms with van der Waals surface area (Å²) in [5.74, 6) is 0.739.